The normalized spacial score (nSPS) is 15.0. The Morgan fingerprint density at radius 1 is 1.18 bits per heavy atom. The molecule has 0 radical (unpaired) electrons. The predicted molar refractivity (Wildman–Crippen MR) is 122 cm³/mol. The molecule has 0 saturated carbocycles. The van der Waals surface area contributed by atoms with Gasteiger partial charge in [-0.25, -0.2) is 4.79 Å². The summed E-state index contributed by atoms with van der Waals surface area (Å²) < 4.78 is 31.1. The van der Waals surface area contributed by atoms with Crippen LogP contribution in [0.5, 0.6) is 11.5 Å². The van der Waals surface area contributed by atoms with Crippen LogP contribution in [0.15, 0.2) is 34.7 Å². The van der Waals surface area contributed by atoms with E-state index in [1.54, 1.807) is 18.2 Å². The highest BCUT2D eigenvalue weighted by Crippen LogP contribution is 2.30. The molecule has 8 nitrogen and oxygen atoms in total. The molecule has 176 valence electrons. The van der Waals surface area contributed by atoms with E-state index in [1.807, 2.05) is 13.8 Å². The summed E-state index contributed by atoms with van der Waals surface area (Å²) in [5.41, 5.74) is 2.19. The number of aromatic carboxylic acids is 1. The zero-order chi connectivity index (χ0) is 23.4. The summed E-state index contributed by atoms with van der Waals surface area (Å²) in [7, 11) is 0. The molecule has 1 aliphatic heterocycles. The summed E-state index contributed by atoms with van der Waals surface area (Å²) >= 11 is 0. The van der Waals surface area contributed by atoms with E-state index in [2.05, 4.69) is 15.2 Å². The fraction of sp³-hybridized carbons (Fsp3) is 0.417. The minimum atomic E-state index is -0.996. The van der Waals surface area contributed by atoms with Crippen LogP contribution < -0.4 is 14.8 Å². The van der Waals surface area contributed by atoms with Crippen molar-refractivity contribution in [1.82, 2.24) is 9.88 Å². The highest BCUT2D eigenvalue weighted by molar-refractivity contribution is 5.92. The molecule has 0 unspecified atom stereocenters. The first-order valence-corrected chi connectivity index (χ1v) is 11.2. The van der Waals surface area contributed by atoms with Crippen LogP contribution in [0.4, 0.5) is 10.4 Å². The molecule has 1 aromatic heterocycles. The minimum Gasteiger partial charge on any atom is -0.491 e. The van der Waals surface area contributed by atoms with Crippen molar-refractivity contribution in [2.45, 2.75) is 39.3 Å². The third-order valence-electron chi connectivity index (χ3n) is 5.62. The van der Waals surface area contributed by atoms with Gasteiger partial charge in [0.15, 0.2) is 17.1 Å². The molecule has 0 spiro atoms. The predicted octanol–water partition coefficient (Wildman–Crippen LogP) is 4.54. The second kappa shape index (κ2) is 10.1. The van der Waals surface area contributed by atoms with Crippen molar-refractivity contribution in [3.63, 3.8) is 0 Å². The standard InChI is InChI=1S/C24H28FN3O5/c1-3-31-20-11-15(12-21(22(20)25)32-4-2)14-28-9-7-17(8-10-28)26-24-27-18-13-16(23(29)30)5-6-19(18)33-24/h5-6,11-13,17H,3-4,7-10,14H2,1-2H3,(H,26,27)(H,29,30). The number of aromatic nitrogens is 1. The number of piperidine rings is 1. The number of nitrogens with one attached hydrogen (secondary N) is 1. The van der Waals surface area contributed by atoms with Gasteiger partial charge in [0, 0.05) is 25.7 Å². The molecule has 0 atom stereocenters. The number of ether oxygens (including phenoxy) is 2. The smallest absolute Gasteiger partial charge is 0.335 e. The van der Waals surface area contributed by atoms with Gasteiger partial charge in [0.05, 0.1) is 18.8 Å². The van der Waals surface area contributed by atoms with Crippen LogP contribution in [-0.2, 0) is 6.54 Å². The fourth-order valence-corrected chi connectivity index (χ4v) is 4.03. The number of likely N-dealkylation sites (tertiary alicyclic amines) is 1. The maximum atomic E-state index is 14.5. The SMILES string of the molecule is CCOc1cc(CN2CCC(Nc3nc4cc(C(=O)O)ccc4o3)CC2)cc(OCC)c1F. The molecule has 4 rings (SSSR count). The lowest BCUT2D eigenvalue weighted by Gasteiger charge is -2.32. The lowest BCUT2D eigenvalue weighted by Crippen LogP contribution is -2.38. The third kappa shape index (κ3) is 5.36. The molecular weight excluding hydrogens is 429 g/mol. The Morgan fingerprint density at radius 3 is 2.45 bits per heavy atom. The minimum absolute atomic E-state index is 0.177. The van der Waals surface area contributed by atoms with E-state index in [-0.39, 0.29) is 23.1 Å². The largest absolute Gasteiger partial charge is 0.491 e. The van der Waals surface area contributed by atoms with Gasteiger partial charge >= 0.3 is 5.97 Å². The summed E-state index contributed by atoms with van der Waals surface area (Å²) in [6, 6.07) is 8.71. The first kappa shape index (κ1) is 22.8. The van der Waals surface area contributed by atoms with Crippen LogP contribution in [-0.4, -0.2) is 53.3 Å². The molecule has 1 aliphatic rings. The summed E-state index contributed by atoms with van der Waals surface area (Å²) in [6.45, 7) is 6.80. The molecule has 0 amide bonds. The van der Waals surface area contributed by atoms with E-state index < -0.39 is 11.8 Å². The molecule has 2 N–H and O–H groups in total. The first-order valence-electron chi connectivity index (χ1n) is 11.2. The summed E-state index contributed by atoms with van der Waals surface area (Å²) in [6.07, 6.45) is 1.77. The lowest BCUT2D eigenvalue weighted by molar-refractivity contribution is 0.0697. The van der Waals surface area contributed by atoms with Gasteiger partial charge in [0.2, 0.25) is 5.82 Å². The summed E-state index contributed by atoms with van der Waals surface area (Å²) in [5, 5.41) is 12.4. The van der Waals surface area contributed by atoms with Crippen LogP contribution in [0, 0.1) is 5.82 Å². The molecule has 0 bridgehead atoms. The highest BCUT2D eigenvalue weighted by atomic mass is 19.1. The molecule has 2 heterocycles. The monoisotopic (exact) mass is 457 g/mol. The van der Waals surface area contributed by atoms with Gasteiger partial charge in [0.1, 0.15) is 5.52 Å². The lowest BCUT2D eigenvalue weighted by atomic mass is 10.0. The molecular formula is C24H28FN3O5. The van der Waals surface area contributed by atoms with Gasteiger partial charge in [-0.2, -0.15) is 9.37 Å². The number of nitrogens with zero attached hydrogens (tertiary/aromatic N) is 2. The average molecular weight is 458 g/mol. The number of carbonyl (C=O) groups is 1. The molecule has 9 heteroatoms. The van der Waals surface area contributed by atoms with Gasteiger partial charge in [-0.05, 0) is 62.6 Å². The fourth-order valence-electron chi connectivity index (χ4n) is 4.03. The second-order valence-corrected chi connectivity index (χ2v) is 7.97. The van der Waals surface area contributed by atoms with Crippen LogP contribution >= 0.6 is 0 Å². The van der Waals surface area contributed by atoms with Crippen molar-refractivity contribution in [3.8, 4) is 11.5 Å². The van der Waals surface area contributed by atoms with Gasteiger partial charge in [-0.15, -0.1) is 0 Å². The Bertz CT molecular complexity index is 1100. The Kier molecular flexibility index (Phi) is 6.98. The van der Waals surface area contributed by atoms with E-state index in [1.165, 1.54) is 12.1 Å². The number of oxazole rings is 1. The molecule has 1 fully saturated rings. The average Bonchev–Trinajstić information content (AvgIpc) is 3.20. The first-order chi connectivity index (χ1) is 16.0. The second-order valence-electron chi connectivity index (χ2n) is 7.97. The zero-order valence-electron chi connectivity index (χ0n) is 18.8. The number of anilines is 1. The van der Waals surface area contributed by atoms with Crippen LogP contribution in [0.2, 0.25) is 0 Å². The Balaban J connectivity index is 1.36. The quantitative estimate of drug-likeness (QED) is 0.483. The van der Waals surface area contributed by atoms with E-state index in [9.17, 15) is 9.18 Å². The van der Waals surface area contributed by atoms with Crippen molar-refractivity contribution in [1.29, 1.82) is 0 Å². The number of hydrogen-bond donors (Lipinski definition) is 2. The Morgan fingerprint density at radius 2 is 1.85 bits per heavy atom. The number of fused-ring (bicyclic) bond motifs is 1. The van der Waals surface area contributed by atoms with Gasteiger partial charge in [-0.3, -0.25) is 4.90 Å². The van der Waals surface area contributed by atoms with E-state index in [0.29, 0.717) is 36.9 Å². The van der Waals surface area contributed by atoms with Gasteiger partial charge in [0.25, 0.3) is 6.01 Å². The topological polar surface area (TPSA) is 97.1 Å². The highest BCUT2D eigenvalue weighted by Gasteiger charge is 2.22. The number of carboxylic acid groups (broad SMARTS) is 1. The van der Waals surface area contributed by atoms with Crippen LogP contribution in [0.1, 0.15) is 42.6 Å². The van der Waals surface area contributed by atoms with Crippen molar-refractivity contribution in [3.05, 3.63) is 47.3 Å². The van der Waals surface area contributed by atoms with Gasteiger partial charge in [-0.1, -0.05) is 0 Å². The van der Waals surface area contributed by atoms with Crippen molar-refractivity contribution in [2.24, 2.45) is 0 Å². The summed E-state index contributed by atoms with van der Waals surface area (Å²) in [4.78, 5) is 17.8. The maximum Gasteiger partial charge on any atom is 0.335 e. The molecule has 2 aromatic carbocycles. The van der Waals surface area contributed by atoms with E-state index in [4.69, 9.17) is 19.0 Å². The Labute approximate surface area is 191 Å². The van der Waals surface area contributed by atoms with Crippen molar-refractivity contribution in [2.75, 3.05) is 31.6 Å². The molecule has 33 heavy (non-hydrogen) atoms. The number of rotatable bonds is 9. The Hall–Kier alpha value is -3.33. The molecule has 1 saturated heterocycles. The number of halogens is 1. The summed E-state index contributed by atoms with van der Waals surface area (Å²) in [5.74, 6) is -1.02. The number of hydrogen-bond acceptors (Lipinski definition) is 7. The third-order valence-corrected chi connectivity index (χ3v) is 5.62. The van der Waals surface area contributed by atoms with E-state index >= 15 is 0 Å². The van der Waals surface area contributed by atoms with Crippen molar-refractivity contribution < 1.29 is 28.2 Å². The van der Waals surface area contributed by atoms with Gasteiger partial charge < -0.3 is 24.3 Å². The molecule has 0 aliphatic carbocycles. The van der Waals surface area contributed by atoms with Crippen LogP contribution in [0.25, 0.3) is 11.1 Å². The van der Waals surface area contributed by atoms with Crippen LogP contribution in [0.3, 0.4) is 0 Å². The zero-order valence-corrected chi connectivity index (χ0v) is 18.8. The number of benzene rings is 2. The molecule has 3 aromatic rings. The number of carboxylic acids is 1. The van der Waals surface area contributed by atoms with Crippen molar-refractivity contribution >= 4 is 23.1 Å². The maximum absolute atomic E-state index is 14.5. The van der Waals surface area contributed by atoms with E-state index in [0.717, 1.165) is 31.5 Å².